The Hall–Kier alpha value is -3.43. The molecular formula is C50H80O12S. The van der Waals surface area contributed by atoms with Gasteiger partial charge >= 0.3 is 11.9 Å². The fourth-order valence-corrected chi connectivity index (χ4v) is 7.01. The minimum Gasteiger partial charge on any atom is -0.462 e. The summed E-state index contributed by atoms with van der Waals surface area (Å²) < 4.78 is 54.0. The Morgan fingerprint density at radius 1 is 0.556 bits per heavy atom. The van der Waals surface area contributed by atoms with Gasteiger partial charge < -0.3 is 34.3 Å². The molecule has 0 saturated carbocycles. The lowest BCUT2D eigenvalue weighted by Crippen LogP contribution is -2.60. The standard InChI is InChI=1S/C50H80O12S/c1-3-5-7-9-11-13-15-17-18-19-20-21-22-23-24-25-27-28-30-32-34-36-38-45(51)59-40-43(41-60-50-49(55)48(54)47(53)44(62-50)42-63(56,57)58)61-46(52)39-37-35-33-31-29-26-16-14-12-10-8-6-4-2/h5,7,11,13,17-18,20-21,23-24,26-29,33,35,43-44,47-50,53-55H,3-4,6,8-10,12,14-16,19,22,25,30-32,34,36-42H2,1-2H3,(H,56,57,58)/b7-5+,13-11+,18-17+,21-20+,24-23+,28-27+,29-26+,35-33+/t43?,44-,47-,48?,49?,50+/m1/s1. The molecule has 1 saturated heterocycles. The maximum atomic E-state index is 12.8. The molecule has 1 aliphatic rings. The third-order valence-electron chi connectivity index (χ3n) is 9.91. The number of aliphatic hydroxyl groups excluding tert-OH is 3. The molecule has 4 N–H and O–H groups in total. The summed E-state index contributed by atoms with van der Waals surface area (Å²) >= 11 is 0. The van der Waals surface area contributed by atoms with E-state index in [-0.39, 0.29) is 19.4 Å². The average Bonchev–Trinajstić information content (AvgIpc) is 3.25. The molecule has 1 rings (SSSR count). The Morgan fingerprint density at radius 2 is 1.03 bits per heavy atom. The normalized spacial score (nSPS) is 20.6. The number of allylic oxidation sites excluding steroid dienone is 16. The molecule has 0 bridgehead atoms. The van der Waals surface area contributed by atoms with Gasteiger partial charge in [-0.15, -0.1) is 0 Å². The highest BCUT2D eigenvalue weighted by atomic mass is 32.2. The fourth-order valence-electron chi connectivity index (χ4n) is 6.32. The first-order chi connectivity index (χ1) is 30.5. The molecule has 0 aromatic heterocycles. The molecule has 0 radical (unpaired) electrons. The minimum atomic E-state index is -4.62. The number of esters is 2. The Kier molecular flexibility index (Phi) is 35.6. The SMILES string of the molecule is CC/C=C/C/C=C/C/C=C/C/C=C/C/C=C/C/C=C/CCCCCC(=O)OCC(CO[C@H]1O[C@H](CS(=O)(=O)O)[C@@H](O)C(O)C1O)OC(=O)CC/C=C/C/C=C/CCCCCCCC. The monoisotopic (exact) mass is 905 g/mol. The maximum Gasteiger partial charge on any atom is 0.306 e. The van der Waals surface area contributed by atoms with Crippen LogP contribution in [0.1, 0.15) is 149 Å². The van der Waals surface area contributed by atoms with Gasteiger partial charge in [-0.2, -0.15) is 8.42 Å². The summed E-state index contributed by atoms with van der Waals surface area (Å²) in [7, 11) is -4.62. The zero-order valence-corrected chi connectivity index (χ0v) is 39.0. The van der Waals surface area contributed by atoms with Crippen LogP contribution in [0.5, 0.6) is 0 Å². The van der Waals surface area contributed by atoms with Crippen molar-refractivity contribution in [3.63, 3.8) is 0 Å². The first kappa shape index (κ1) is 57.6. The molecule has 0 aromatic carbocycles. The average molecular weight is 905 g/mol. The molecule has 0 amide bonds. The van der Waals surface area contributed by atoms with Crippen molar-refractivity contribution in [3.05, 3.63) is 97.2 Å². The summed E-state index contributed by atoms with van der Waals surface area (Å²) in [5.74, 6) is -2.13. The predicted octanol–water partition coefficient (Wildman–Crippen LogP) is 9.83. The van der Waals surface area contributed by atoms with Gasteiger partial charge in [0.1, 0.15) is 36.8 Å². The summed E-state index contributed by atoms with van der Waals surface area (Å²) in [4.78, 5) is 25.4. The first-order valence-electron chi connectivity index (χ1n) is 23.3. The van der Waals surface area contributed by atoms with Crippen LogP contribution in [-0.4, -0.2) is 96.0 Å². The third-order valence-corrected chi connectivity index (χ3v) is 10.7. The van der Waals surface area contributed by atoms with Crippen LogP contribution in [0.25, 0.3) is 0 Å². The van der Waals surface area contributed by atoms with Crippen LogP contribution in [0, 0.1) is 0 Å². The van der Waals surface area contributed by atoms with Crippen molar-refractivity contribution >= 4 is 22.1 Å². The predicted molar refractivity (Wildman–Crippen MR) is 251 cm³/mol. The number of carbonyl (C=O) groups is 2. The molecule has 1 heterocycles. The van der Waals surface area contributed by atoms with Gasteiger partial charge in [0.05, 0.1) is 6.61 Å². The largest absolute Gasteiger partial charge is 0.462 e. The van der Waals surface area contributed by atoms with E-state index in [9.17, 15) is 37.9 Å². The van der Waals surface area contributed by atoms with E-state index in [1.807, 2.05) is 12.2 Å². The van der Waals surface area contributed by atoms with Crippen molar-refractivity contribution in [1.82, 2.24) is 0 Å². The summed E-state index contributed by atoms with van der Waals surface area (Å²) in [6, 6.07) is 0. The Balaban J connectivity index is 2.47. The van der Waals surface area contributed by atoms with Crippen LogP contribution in [0.4, 0.5) is 0 Å². The second-order valence-electron chi connectivity index (χ2n) is 15.7. The molecule has 1 aliphatic heterocycles. The molecule has 358 valence electrons. The minimum absolute atomic E-state index is 0.0447. The lowest BCUT2D eigenvalue weighted by molar-refractivity contribution is -0.297. The van der Waals surface area contributed by atoms with Crippen molar-refractivity contribution in [2.75, 3.05) is 19.0 Å². The van der Waals surface area contributed by atoms with Crippen LogP contribution in [0.3, 0.4) is 0 Å². The highest BCUT2D eigenvalue weighted by molar-refractivity contribution is 7.85. The smallest absolute Gasteiger partial charge is 0.306 e. The van der Waals surface area contributed by atoms with Gasteiger partial charge in [-0.3, -0.25) is 14.1 Å². The van der Waals surface area contributed by atoms with Crippen molar-refractivity contribution in [3.8, 4) is 0 Å². The number of rotatable bonds is 37. The molecule has 0 spiro atoms. The van der Waals surface area contributed by atoms with E-state index < -0.39 is 71.2 Å². The summed E-state index contributed by atoms with van der Waals surface area (Å²) in [6.07, 6.45) is 43.3. The van der Waals surface area contributed by atoms with Crippen molar-refractivity contribution in [2.45, 2.75) is 185 Å². The van der Waals surface area contributed by atoms with Gasteiger partial charge in [0.2, 0.25) is 0 Å². The molecular weight excluding hydrogens is 825 g/mol. The van der Waals surface area contributed by atoms with E-state index in [0.29, 0.717) is 12.8 Å². The van der Waals surface area contributed by atoms with Crippen LogP contribution < -0.4 is 0 Å². The highest BCUT2D eigenvalue weighted by Crippen LogP contribution is 2.24. The highest BCUT2D eigenvalue weighted by Gasteiger charge is 2.46. The van der Waals surface area contributed by atoms with Gasteiger partial charge in [0, 0.05) is 12.8 Å². The zero-order chi connectivity index (χ0) is 46.2. The summed E-state index contributed by atoms with van der Waals surface area (Å²) in [5.41, 5.74) is 0. The Morgan fingerprint density at radius 3 is 1.56 bits per heavy atom. The van der Waals surface area contributed by atoms with E-state index in [4.69, 9.17) is 18.9 Å². The molecule has 0 aliphatic carbocycles. The number of ether oxygens (including phenoxy) is 4. The zero-order valence-electron chi connectivity index (χ0n) is 38.1. The third kappa shape index (κ3) is 33.7. The van der Waals surface area contributed by atoms with Gasteiger partial charge in [0.25, 0.3) is 10.1 Å². The van der Waals surface area contributed by atoms with Gasteiger partial charge in [-0.1, -0.05) is 150 Å². The van der Waals surface area contributed by atoms with E-state index in [1.54, 1.807) is 0 Å². The molecule has 3 unspecified atom stereocenters. The molecule has 12 nitrogen and oxygen atoms in total. The number of hydrogen-bond acceptors (Lipinski definition) is 11. The molecule has 0 aromatic rings. The van der Waals surface area contributed by atoms with Crippen LogP contribution in [-0.2, 0) is 38.7 Å². The fraction of sp³-hybridized carbons (Fsp3) is 0.640. The topological polar surface area (TPSA) is 186 Å². The van der Waals surface area contributed by atoms with E-state index in [0.717, 1.165) is 70.6 Å². The first-order valence-corrected chi connectivity index (χ1v) is 24.9. The Bertz CT molecular complexity index is 1530. The summed E-state index contributed by atoms with van der Waals surface area (Å²) in [5, 5.41) is 30.9. The number of aliphatic hydroxyl groups is 3. The van der Waals surface area contributed by atoms with Crippen molar-refractivity contribution in [2.24, 2.45) is 0 Å². The lowest BCUT2D eigenvalue weighted by atomic mass is 10.00. The van der Waals surface area contributed by atoms with Gasteiger partial charge in [-0.05, 0) is 83.5 Å². The summed E-state index contributed by atoms with van der Waals surface area (Å²) in [6.45, 7) is 3.54. The second kappa shape index (κ2) is 39.0. The molecule has 63 heavy (non-hydrogen) atoms. The number of carbonyl (C=O) groups excluding carboxylic acids is 2. The lowest BCUT2D eigenvalue weighted by Gasteiger charge is -2.40. The van der Waals surface area contributed by atoms with E-state index in [1.165, 1.54) is 38.5 Å². The van der Waals surface area contributed by atoms with Crippen LogP contribution in [0.15, 0.2) is 97.2 Å². The maximum absolute atomic E-state index is 12.8. The molecule has 13 heteroatoms. The van der Waals surface area contributed by atoms with Gasteiger partial charge in [-0.25, -0.2) is 0 Å². The molecule has 1 fully saturated rings. The van der Waals surface area contributed by atoms with Gasteiger partial charge in [0.15, 0.2) is 12.4 Å². The van der Waals surface area contributed by atoms with Crippen LogP contribution in [0.2, 0.25) is 0 Å². The second-order valence-corrected chi connectivity index (χ2v) is 17.2. The van der Waals surface area contributed by atoms with Crippen molar-refractivity contribution in [1.29, 1.82) is 0 Å². The number of hydrogen-bond donors (Lipinski definition) is 4. The van der Waals surface area contributed by atoms with E-state index in [2.05, 4.69) is 98.9 Å². The number of unbranched alkanes of at least 4 members (excludes halogenated alkanes) is 9. The van der Waals surface area contributed by atoms with E-state index >= 15 is 0 Å². The van der Waals surface area contributed by atoms with Crippen LogP contribution >= 0.6 is 0 Å². The quantitative estimate of drug-likeness (QED) is 0.0200. The molecule has 6 atom stereocenters. The van der Waals surface area contributed by atoms with Crippen molar-refractivity contribution < 1.29 is 56.8 Å². The Labute approximate surface area is 379 Å².